The predicted molar refractivity (Wildman–Crippen MR) is 106 cm³/mol. The first-order chi connectivity index (χ1) is 12.1. The number of carbonyl (C=O) groups excluding carboxylic acids is 1. The third kappa shape index (κ3) is 8.85. The van der Waals surface area contributed by atoms with Gasteiger partial charge in [0.05, 0.1) is 18.7 Å². The van der Waals surface area contributed by atoms with Gasteiger partial charge in [0.2, 0.25) is 0 Å². The van der Waals surface area contributed by atoms with Crippen LogP contribution in [0.4, 0.5) is 0 Å². The minimum absolute atomic E-state index is 0.0710. The summed E-state index contributed by atoms with van der Waals surface area (Å²) in [5.41, 5.74) is 7.29. The number of hydrogen-bond donors (Lipinski definition) is 1. The molecule has 146 valence electrons. The van der Waals surface area contributed by atoms with E-state index in [9.17, 15) is 4.79 Å². The maximum atomic E-state index is 11.4. The zero-order chi connectivity index (χ0) is 19.7. The van der Waals surface area contributed by atoms with Crippen molar-refractivity contribution in [2.24, 2.45) is 10.7 Å². The lowest BCUT2D eigenvalue weighted by molar-refractivity contribution is 0.0600. The number of likely N-dealkylation sites (N-methyl/N-ethyl adjacent to an activating group) is 1. The van der Waals surface area contributed by atoms with Crippen LogP contribution in [-0.4, -0.2) is 55.8 Å². The molecule has 0 bridgehead atoms. The summed E-state index contributed by atoms with van der Waals surface area (Å²) >= 11 is 0. The Bertz CT molecular complexity index is 591. The number of carbonyl (C=O) groups is 1. The van der Waals surface area contributed by atoms with E-state index in [1.54, 1.807) is 12.1 Å². The van der Waals surface area contributed by atoms with Crippen molar-refractivity contribution in [3.63, 3.8) is 0 Å². The first-order valence-electron chi connectivity index (χ1n) is 8.99. The summed E-state index contributed by atoms with van der Waals surface area (Å²) in [6.45, 7) is 9.65. The molecule has 0 spiro atoms. The SMILES string of the molecule is COC(=O)c1ccc(CCCN(C)CC(C)N=C(N)OC(C)(C)C)cc1. The van der Waals surface area contributed by atoms with Crippen molar-refractivity contribution in [2.45, 2.75) is 52.2 Å². The van der Waals surface area contributed by atoms with Crippen molar-refractivity contribution in [3.05, 3.63) is 35.4 Å². The van der Waals surface area contributed by atoms with Crippen molar-refractivity contribution >= 4 is 12.0 Å². The quantitative estimate of drug-likeness (QED) is 0.437. The van der Waals surface area contributed by atoms with Gasteiger partial charge < -0.3 is 20.1 Å². The molecule has 1 rings (SSSR count). The number of rotatable bonds is 8. The van der Waals surface area contributed by atoms with E-state index in [4.69, 9.17) is 15.2 Å². The highest BCUT2D eigenvalue weighted by Crippen LogP contribution is 2.09. The van der Waals surface area contributed by atoms with E-state index in [1.165, 1.54) is 12.7 Å². The molecule has 0 aliphatic carbocycles. The Labute approximate surface area is 157 Å². The molecule has 0 aliphatic heterocycles. The lowest BCUT2D eigenvalue weighted by Gasteiger charge is -2.22. The van der Waals surface area contributed by atoms with E-state index in [2.05, 4.69) is 16.9 Å². The standard InChI is InChI=1S/C20H33N3O3/c1-15(22-19(21)26-20(2,3)4)14-23(5)13-7-8-16-9-11-17(12-10-16)18(24)25-6/h9-12,15H,7-8,13-14H2,1-6H3,(H2,21,22). The van der Waals surface area contributed by atoms with Gasteiger partial charge in [-0.05, 0) is 71.8 Å². The van der Waals surface area contributed by atoms with E-state index in [0.717, 1.165) is 25.9 Å². The fraction of sp³-hybridized carbons (Fsp3) is 0.600. The van der Waals surface area contributed by atoms with Gasteiger partial charge in [-0.3, -0.25) is 0 Å². The number of esters is 1. The third-order valence-electron chi connectivity index (χ3n) is 3.71. The highest BCUT2D eigenvalue weighted by molar-refractivity contribution is 5.89. The smallest absolute Gasteiger partial charge is 0.337 e. The summed E-state index contributed by atoms with van der Waals surface area (Å²) in [6, 6.07) is 7.87. The molecule has 0 fully saturated rings. The molecular formula is C20H33N3O3. The Balaban J connectivity index is 2.36. The summed E-state index contributed by atoms with van der Waals surface area (Å²) in [5.74, 6) is -0.305. The van der Waals surface area contributed by atoms with Gasteiger partial charge in [-0.15, -0.1) is 0 Å². The highest BCUT2D eigenvalue weighted by Gasteiger charge is 2.14. The first-order valence-corrected chi connectivity index (χ1v) is 8.99. The number of benzene rings is 1. The van der Waals surface area contributed by atoms with Crippen LogP contribution in [-0.2, 0) is 15.9 Å². The van der Waals surface area contributed by atoms with E-state index < -0.39 is 0 Å². The molecule has 1 atom stereocenters. The number of nitrogens with two attached hydrogens (primary N) is 1. The second-order valence-corrected chi connectivity index (χ2v) is 7.59. The second kappa shape index (κ2) is 10.2. The Morgan fingerprint density at radius 2 is 1.88 bits per heavy atom. The zero-order valence-electron chi connectivity index (χ0n) is 16.9. The number of ether oxygens (including phenoxy) is 2. The monoisotopic (exact) mass is 363 g/mol. The highest BCUT2D eigenvalue weighted by atomic mass is 16.5. The van der Waals surface area contributed by atoms with Crippen LogP contribution in [0, 0.1) is 0 Å². The minimum Gasteiger partial charge on any atom is -0.465 e. The fourth-order valence-corrected chi connectivity index (χ4v) is 2.62. The van der Waals surface area contributed by atoms with Gasteiger partial charge >= 0.3 is 5.97 Å². The number of aliphatic imine (C=N–C) groups is 1. The average molecular weight is 364 g/mol. The summed E-state index contributed by atoms with van der Waals surface area (Å²) in [7, 11) is 3.47. The molecule has 1 aromatic rings. The van der Waals surface area contributed by atoms with Crippen molar-refractivity contribution in [1.29, 1.82) is 0 Å². The van der Waals surface area contributed by atoms with Crippen molar-refractivity contribution in [2.75, 3.05) is 27.2 Å². The van der Waals surface area contributed by atoms with Gasteiger partial charge in [0, 0.05) is 6.54 Å². The number of nitrogens with zero attached hydrogens (tertiary/aromatic N) is 2. The summed E-state index contributed by atoms with van der Waals surface area (Å²) < 4.78 is 10.2. The van der Waals surface area contributed by atoms with Gasteiger partial charge in [0.25, 0.3) is 6.02 Å². The van der Waals surface area contributed by atoms with Crippen LogP contribution in [0.3, 0.4) is 0 Å². The lowest BCUT2D eigenvalue weighted by Crippen LogP contribution is -2.33. The van der Waals surface area contributed by atoms with E-state index >= 15 is 0 Å². The lowest BCUT2D eigenvalue weighted by atomic mass is 10.1. The molecule has 2 N–H and O–H groups in total. The van der Waals surface area contributed by atoms with Gasteiger partial charge in [0.15, 0.2) is 0 Å². The van der Waals surface area contributed by atoms with Crippen LogP contribution in [0.5, 0.6) is 0 Å². The molecule has 0 saturated carbocycles. The Hall–Kier alpha value is -2.08. The Morgan fingerprint density at radius 1 is 1.27 bits per heavy atom. The molecule has 6 nitrogen and oxygen atoms in total. The largest absolute Gasteiger partial charge is 0.465 e. The molecule has 0 saturated heterocycles. The molecule has 0 aromatic heterocycles. The van der Waals surface area contributed by atoms with Crippen LogP contribution in [0.2, 0.25) is 0 Å². The van der Waals surface area contributed by atoms with Crippen LogP contribution in [0.1, 0.15) is 50.0 Å². The normalized spacial score (nSPS) is 13.6. The molecule has 0 amide bonds. The minimum atomic E-state index is -0.331. The van der Waals surface area contributed by atoms with E-state index in [0.29, 0.717) is 5.56 Å². The summed E-state index contributed by atoms with van der Waals surface area (Å²) in [5, 5.41) is 0. The Kier molecular flexibility index (Phi) is 8.58. The number of amidine groups is 1. The van der Waals surface area contributed by atoms with Crippen molar-refractivity contribution in [1.82, 2.24) is 4.90 Å². The van der Waals surface area contributed by atoms with Crippen LogP contribution >= 0.6 is 0 Å². The molecule has 26 heavy (non-hydrogen) atoms. The van der Waals surface area contributed by atoms with Crippen LogP contribution in [0.15, 0.2) is 29.3 Å². The van der Waals surface area contributed by atoms with Crippen molar-refractivity contribution < 1.29 is 14.3 Å². The van der Waals surface area contributed by atoms with Gasteiger partial charge in [-0.1, -0.05) is 12.1 Å². The average Bonchev–Trinajstić information content (AvgIpc) is 2.52. The molecule has 0 heterocycles. The Morgan fingerprint density at radius 3 is 2.42 bits per heavy atom. The summed E-state index contributed by atoms with van der Waals surface area (Å²) in [6.07, 6.45) is 1.98. The van der Waals surface area contributed by atoms with Crippen LogP contribution < -0.4 is 5.73 Å². The van der Waals surface area contributed by atoms with E-state index in [1.807, 2.05) is 39.8 Å². The van der Waals surface area contributed by atoms with Gasteiger partial charge in [0.1, 0.15) is 5.60 Å². The maximum Gasteiger partial charge on any atom is 0.337 e. The molecule has 1 aromatic carbocycles. The fourth-order valence-electron chi connectivity index (χ4n) is 2.62. The molecular weight excluding hydrogens is 330 g/mol. The topological polar surface area (TPSA) is 77.2 Å². The zero-order valence-corrected chi connectivity index (χ0v) is 16.9. The second-order valence-electron chi connectivity index (χ2n) is 7.59. The maximum absolute atomic E-state index is 11.4. The number of hydrogen-bond acceptors (Lipinski definition) is 5. The molecule has 0 radical (unpaired) electrons. The number of aryl methyl sites for hydroxylation is 1. The number of methoxy groups -OCH3 is 1. The van der Waals surface area contributed by atoms with Gasteiger partial charge in [-0.25, -0.2) is 9.79 Å². The van der Waals surface area contributed by atoms with Gasteiger partial charge in [-0.2, -0.15) is 0 Å². The van der Waals surface area contributed by atoms with E-state index in [-0.39, 0.29) is 23.6 Å². The first kappa shape index (κ1) is 22.0. The predicted octanol–water partition coefficient (Wildman–Crippen LogP) is 2.86. The molecule has 1 unspecified atom stereocenters. The third-order valence-corrected chi connectivity index (χ3v) is 3.71. The summed E-state index contributed by atoms with van der Waals surface area (Å²) in [4.78, 5) is 18.1. The molecule has 0 aliphatic rings. The van der Waals surface area contributed by atoms with Crippen LogP contribution in [0.25, 0.3) is 0 Å². The molecule has 6 heteroatoms. The van der Waals surface area contributed by atoms with Crippen molar-refractivity contribution in [3.8, 4) is 0 Å².